The summed E-state index contributed by atoms with van der Waals surface area (Å²) in [5.74, 6) is -69.0. The monoisotopic (exact) mass is 750 g/mol. The van der Waals surface area contributed by atoms with Gasteiger partial charge in [0.1, 0.15) is 0 Å². The molecule has 0 aromatic heterocycles. The Bertz CT molecular complexity index is 924. The summed E-state index contributed by atoms with van der Waals surface area (Å²) < 4.78 is 263. The summed E-state index contributed by atoms with van der Waals surface area (Å²) in [6, 6.07) is 0. The van der Waals surface area contributed by atoms with Crippen molar-refractivity contribution in [1.29, 1.82) is 0 Å². The SMILES string of the molecule is CCCCCCCCCCCC(CCCCCCCC)C(F)(F)C(F)(F)C(F)(F)C(F)(F)C(F)(F)C(F)(F)C(F)(F)C(F)(F)C(F)(F)F. The molecule has 0 saturated heterocycles. The second-order valence-electron chi connectivity index (χ2n) is 12.0. The molecule has 0 spiro atoms. The molecular formula is C29H41F19. The first-order valence-electron chi connectivity index (χ1n) is 15.6. The van der Waals surface area contributed by atoms with E-state index in [1.807, 2.05) is 6.92 Å². The van der Waals surface area contributed by atoms with Crippen LogP contribution in [-0.4, -0.2) is 53.6 Å². The first-order chi connectivity index (χ1) is 21.5. The second kappa shape index (κ2) is 17.3. The quantitative estimate of drug-likeness (QED) is 0.0644. The van der Waals surface area contributed by atoms with E-state index in [1.54, 1.807) is 6.92 Å². The molecule has 0 saturated carbocycles. The first kappa shape index (κ1) is 46.7. The Labute approximate surface area is 266 Å². The van der Waals surface area contributed by atoms with Crippen molar-refractivity contribution in [1.82, 2.24) is 0 Å². The Kier molecular flexibility index (Phi) is 16.8. The van der Waals surface area contributed by atoms with Crippen LogP contribution >= 0.6 is 0 Å². The minimum Gasteiger partial charge on any atom is -0.199 e. The lowest BCUT2D eigenvalue weighted by molar-refractivity contribution is -0.470. The summed E-state index contributed by atoms with van der Waals surface area (Å²) in [6.45, 7) is 3.75. The van der Waals surface area contributed by atoms with Gasteiger partial charge >= 0.3 is 53.6 Å². The zero-order chi connectivity index (χ0) is 38.1. The summed E-state index contributed by atoms with van der Waals surface area (Å²) in [7, 11) is 0. The molecular weight excluding hydrogens is 709 g/mol. The molecule has 0 aromatic carbocycles. The molecule has 1 unspecified atom stereocenters. The van der Waals surface area contributed by atoms with Gasteiger partial charge in [0.2, 0.25) is 0 Å². The van der Waals surface area contributed by atoms with E-state index in [2.05, 4.69) is 0 Å². The Morgan fingerprint density at radius 3 is 0.792 bits per heavy atom. The maximum Gasteiger partial charge on any atom is 0.460 e. The molecule has 0 N–H and O–H groups in total. The van der Waals surface area contributed by atoms with E-state index in [0.29, 0.717) is 44.9 Å². The third-order valence-electron chi connectivity index (χ3n) is 8.22. The maximum absolute atomic E-state index is 15.1. The molecule has 0 radical (unpaired) electrons. The molecule has 1 atom stereocenters. The molecule has 0 nitrogen and oxygen atoms in total. The second-order valence-corrected chi connectivity index (χ2v) is 12.0. The number of alkyl halides is 19. The van der Waals surface area contributed by atoms with E-state index >= 15 is 8.78 Å². The predicted octanol–water partition coefficient (Wildman–Crippen LogP) is 13.9. The minimum atomic E-state index is -8.88. The van der Waals surface area contributed by atoms with Gasteiger partial charge in [-0.25, -0.2) is 0 Å². The molecule has 0 aliphatic carbocycles. The number of hydrogen-bond donors (Lipinski definition) is 0. The highest BCUT2D eigenvalue weighted by atomic mass is 19.4. The van der Waals surface area contributed by atoms with Gasteiger partial charge in [-0.15, -0.1) is 0 Å². The fraction of sp³-hybridized carbons (Fsp3) is 1.00. The summed E-state index contributed by atoms with van der Waals surface area (Å²) in [5, 5.41) is 0. The summed E-state index contributed by atoms with van der Waals surface area (Å²) in [4.78, 5) is 0. The van der Waals surface area contributed by atoms with Crippen LogP contribution in [0.3, 0.4) is 0 Å². The first-order valence-corrected chi connectivity index (χ1v) is 15.6. The van der Waals surface area contributed by atoms with Crippen LogP contribution in [0.5, 0.6) is 0 Å². The average Bonchev–Trinajstić information content (AvgIpc) is 2.95. The van der Waals surface area contributed by atoms with Crippen molar-refractivity contribution in [2.75, 3.05) is 0 Å². The van der Waals surface area contributed by atoms with Crippen molar-refractivity contribution < 1.29 is 83.4 Å². The maximum atomic E-state index is 15.1. The highest BCUT2D eigenvalue weighted by Crippen LogP contribution is 2.66. The van der Waals surface area contributed by atoms with Gasteiger partial charge in [-0.2, -0.15) is 83.4 Å². The van der Waals surface area contributed by atoms with E-state index in [9.17, 15) is 74.6 Å². The highest BCUT2D eigenvalue weighted by Gasteiger charge is 2.96. The molecule has 0 rings (SSSR count). The zero-order valence-corrected chi connectivity index (χ0v) is 26.3. The Hall–Kier alpha value is -1.33. The van der Waals surface area contributed by atoms with Crippen LogP contribution in [0.1, 0.15) is 123 Å². The van der Waals surface area contributed by atoms with E-state index in [1.165, 1.54) is 0 Å². The predicted molar refractivity (Wildman–Crippen MR) is 139 cm³/mol. The lowest BCUT2D eigenvalue weighted by Crippen LogP contribution is -2.76. The van der Waals surface area contributed by atoms with Crippen molar-refractivity contribution in [3.63, 3.8) is 0 Å². The van der Waals surface area contributed by atoms with Gasteiger partial charge in [-0.1, -0.05) is 110 Å². The molecule has 0 aliphatic heterocycles. The van der Waals surface area contributed by atoms with E-state index < -0.39 is 85.2 Å². The standard InChI is InChI=1S/C29H41F19/c1-3-5-7-9-11-12-13-15-17-19-20(18-16-14-10-8-6-4-2)21(30,31)22(32,33)23(34,35)24(36,37)25(38,39)26(40,41)27(42,43)28(44,45)29(46,47)48/h20H,3-19H2,1-2H3. The molecule has 0 aromatic rings. The normalized spacial score (nSPS) is 15.7. The summed E-state index contributed by atoms with van der Waals surface area (Å²) >= 11 is 0. The van der Waals surface area contributed by atoms with Gasteiger partial charge in [-0.3, -0.25) is 0 Å². The molecule has 0 amide bonds. The van der Waals surface area contributed by atoms with Gasteiger partial charge in [0.05, 0.1) is 0 Å². The van der Waals surface area contributed by atoms with Crippen molar-refractivity contribution in [2.45, 2.75) is 177 Å². The number of hydrogen-bond acceptors (Lipinski definition) is 0. The van der Waals surface area contributed by atoms with Crippen LogP contribution in [0.15, 0.2) is 0 Å². The van der Waals surface area contributed by atoms with E-state index in [4.69, 9.17) is 0 Å². The average molecular weight is 751 g/mol. The Morgan fingerprint density at radius 2 is 0.521 bits per heavy atom. The zero-order valence-electron chi connectivity index (χ0n) is 26.3. The molecule has 0 aliphatic rings. The van der Waals surface area contributed by atoms with Crippen molar-refractivity contribution >= 4 is 0 Å². The lowest BCUT2D eigenvalue weighted by atomic mass is 9.81. The summed E-state index contributed by atoms with van der Waals surface area (Å²) in [5.41, 5.74) is 0. The van der Waals surface area contributed by atoms with E-state index in [0.717, 1.165) is 25.7 Å². The number of halogens is 19. The molecule has 0 bridgehead atoms. The molecule has 0 heterocycles. The van der Waals surface area contributed by atoms with Gasteiger partial charge < -0.3 is 0 Å². The Balaban J connectivity index is 6.42. The van der Waals surface area contributed by atoms with Crippen LogP contribution < -0.4 is 0 Å². The van der Waals surface area contributed by atoms with E-state index in [-0.39, 0.29) is 12.8 Å². The third-order valence-corrected chi connectivity index (χ3v) is 8.22. The molecule has 48 heavy (non-hydrogen) atoms. The third kappa shape index (κ3) is 9.31. The fourth-order valence-electron chi connectivity index (χ4n) is 5.01. The van der Waals surface area contributed by atoms with Crippen LogP contribution in [0, 0.1) is 5.92 Å². The van der Waals surface area contributed by atoms with Crippen molar-refractivity contribution in [2.24, 2.45) is 5.92 Å². The molecule has 0 fully saturated rings. The van der Waals surface area contributed by atoms with Gasteiger partial charge in [0.15, 0.2) is 0 Å². The van der Waals surface area contributed by atoms with Crippen LogP contribution in [0.2, 0.25) is 0 Å². The topological polar surface area (TPSA) is 0 Å². The minimum absolute atomic E-state index is 0.0370. The van der Waals surface area contributed by atoms with Crippen LogP contribution in [0.4, 0.5) is 83.4 Å². The van der Waals surface area contributed by atoms with Crippen LogP contribution in [-0.2, 0) is 0 Å². The summed E-state index contributed by atoms with van der Waals surface area (Å²) in [6.07, 6.45) is -3.39. The largest absolute Gasteiger partial charge is 0.460 e. The highest BCUT2D eigenvalue weighted by molar-refractivity contribution is 5.17. The van der Waals surface area contributed by atoms with Gasteiger partial charge in [0.25, 0.3) is 0 Å². The van der Waals surface area contributed by atoms with Gasteiger partial charge in [0, 0.05) is 5.92 Å². The molecule has 19 heteroatoms. The molecule has 290 valence electrons. The Morgan fingerprint density at radius 1 is 0.292 bits per heavy atom. The smallest absolute Gasteiger partial charge is 0.199 e. The number of rotatable bonds is 25. The fourth-order valence-corrected chi connectivity index (χ4v) is 5.01. The van der Waals surface area contributed by atoms with Gasteiger partial charge in [-0.05, 0) is 12.8 Å². The van der Waals surface area contributed by atoms with Crippen LogP contribution in [0.25, 0.3) is 0 Å². The van der Waals surface area contributed by atoms with Crippen molar-refractivity contribution in [3.05, 3.63) is 0 Å². The number of unbranched alkanes of at least 4 members (excludes halogenated alkanes) is 13. The van der Waals surface area contributed by atoms with Crippen molar-refractivity contribution in [3.8, 4) is 0 Å². The lowest BCUT2D eigenvalue weighted by Gasteiger charge is -2.44.